The van der Waals surface area contributed by atoms with Crippen molar-refractivity contribution in [2.24, 2.45) is 0 Å². The Bertz CT molecular complexity index is 1140. The molecule has 0 aromatic heterocycles. The van der Waals surface area contributed by atoms with Crippen LogP contribution in [0, 0.1) is 0 Å². The third-order valence-corrected chi connectivity index (χ3v) is 6.41. The summed E-state index contributed by atoms with van der Waals surface area (Å²) >= 11 is 0. The van der Waals surface area contributed by atoms with E-state index < -0.39 is 0 Å². The number of fused-ring (bicyclic) bond motifs is 7. The third kappa shape index (κ3) is 5.06. The fourth-order valence-electron chi connectivity index (χ4n) is 4.21. The quantitative estimate of drug-likeness (QED) is 0.375. The molecule has 0 unspecified atom stereocenters. The van der Waals surface area contributed by atoms with Crippen LogP contribution in [0.4, 0.5) is 11.4 Å². The highest BCUT2D eigenvalue weighted by Gasteiger charge is 2.20. The van der Waals surface area contributed by atoms with Gasteiger partial charge in [-0.05, 0) is 45.2 Å². The van der Waals surface area contributed by atoms with E-state index in [0.29, 0.717) is 0 Å². The molecule has 0 radical (unpaired) electrons. The van der Waals surface area contributed by atoms with Crippen LogP contribution in [0.25, 0.3) is 22.3 Å². The van der Waals surface area contributed by atoms with E-state index in [9.17, 15) is 9.59 Å². The topological polar surface area (TPSA) is 58.2 Å². The number of anilines is 2. The number of carbonyl (C=O) groups is 2. The maximum Gasteiger partial charge on any atom is 0.224 e. The van der Waals surface area contributed by atoms with Gasteiger partial charge in [0.05, 0.1) is 0 Å². The van der Waals surface area contributed by atoms with Gasteiger partial charge in [-0.1, -0.05) is 90.1 Å². The molecule has 3 aromatic carbocycles. The molecule has 2 N–H and O–H groups in total. The lowest BCUT2D eigenvalue weighted by Crippen LogP contribution is -2.19. The summed E-state index contributed by atoms with van der Waals surface area (Å²) in [4.78, 5) is 25.6. The van der Waals surface area contributed by atoms with Gasteiger partial charge >= 0.3 is 0 Å². The smallest absolute Gasteiger partial charge is 0.224 e. The molecule has 5 rings (SSSR count). The molecule has 3 aromatic rings. The van der Waals surface area contributed by atoms with Crippen LogP contribution in [0.3, 0.4) is 0 Å². The standard InChI is InChI=1S/C30H34N2O2/c1-29(2,3)21-11-13-23-19-7-9-20(10-8-19)24-14-12-22(30(4,5)6)18-26(24)32-28(34)16-15-27(33)31-25(23)17-21/h7-14,17-18H,15-16H2,1-6H3,(H,31,33)(H,32,34). The molecule has 2 aliphatic heterocycles. The molecule has 0 aliphatic carbocycles. The van der Waals surface area contributed by atoms with Crippen LogP contribution in [0.2, 0.25) is 0 Å². The van der Waals surface area contributed by atoms with Crippen LogP contribution in [-0.2, 0) is 20.4 Å². The number of benzene rings is 3. The van der Waals surface area contributed by atoms with Crippen molar-refractivity contribution in [2.75, 3.05) is 10.6 Å². The third-order valence-electron chi connectivity index (χ3n) is 6.41. The summed E-state index contributed by atoms with van der Waals surface area (Å²) in [7, 11) is 0. The molecule has 0 saturated carbocycles. The summed E-state index contributed by atoms with van der Waals surface area (Å²) in [5, 5.41) is 6.13. The first-order valence-corrected chi connectivity index (χ1v) is 11.9. The number of hydrogen-bond acceptors (Lipinski definition) is 2. The van der Waals surface area contributed by atoms with Gasteiger partial charge in [0, 0.05) is 35.3 Å². The predicted octanol–water partition coefficient (Wildman–Crippen LogP) is 7.29. The predicted molar refractivity (Wildman–Crippen MR) is 141 cm³/mol. The molecule has 2 amide bonds. The maximum atomic E-state index is 12.8. The Kier molecular flexibility index (Phi) is 6.11. The SMILES string of the molecule is CC(C)(C)c1ccc2c(c1)NC(=O)CCC(=O)Nc1cc(C(C)(C)C)ccc1-c1ccc-2cc1. The van der Waals surface area contributed by atoms with Crippen molar-refractivity contribution >= 4 is 23.2 Å². The highest BCUT2D eigenvalue weighted by molar-refractivity contribution is 6.01. The minimum absolute atomic E-state index is 0.0434. The number of amides is 2. The molecule has 2 aliphatic rings. The van der Waals surface area contributed by atoms with Crippen LogP contribution in [0.1, 0.15) is 65.5 Å². The normalized spacial score (nSPS) is 14.5. The molecular formula is C30H34N2O2. The summed E-state index contributed by atoms with van der Waals surface area (Å²) in [5.41, 5.74) is 7.76. The molecule has 176 valence electrons. The zero-order chi connectivity index (χ0) is 24.7. The van der Waals surface area contributed by atoms with Crippen molar-refractivity contribution in [3.63, 3.8) is 0 Å². The fraction of sp³-hybridized carbons (Fsp3) is 0.333. The van der Waals surface area contributed by atoms with Crippen molar-refractivity contribution in [1.29, 1.82) is 0 Å². The molecule has 4 nitrogen and oxygen atoms in total. The molecule has 2 heterocycles. The minimum atomic E-state index is -0.167. The van der Waals surface area contributed by atoms with Crippen molar-refractivity contribution in [3.8, 4) is 22.3 Å². The lowest BCUT2D eigenvalue weighted by Gasteiger charge is -2.23. The van der Waals surface area contributed by atoms with Gasteiger partial charge in [0.1, 0.15) is 0 Å². The van der Waals surface area contributed by atoms with Gasteiger partial charge in [-0.15, -0.1) is 0 Å². The van der Waals surface area contributed by atoms with Crippen molar-refractivity contribution in [2.45, 2.75) is 65.2 Å². The van der Waals surface area contributed by atoms with E-state index >= 15 is 0 Å². The van der Waals surface area contributed by atoms with Crippen LogP contribution >= 0.6 is 0 Å². The lowest BCUT2D eigenvalue weighted by atomic mass is 9.84. The minimum Gasteiger partial charge on any atom is -0.325 e. The second kappa shape index (κ2) is 8.75. The van der Waals surface area contributed by atoms with E-state index in [0.717, 1.165) is 44.8 Å². The van der Waals surface area contributed by atoms with Crippen molar-refractivity contribution in [3.05, 3.63) is 71.8 Å². The second-order valence-electron chi connectivity index (χ2n) is 11.2. The molecule has 2 bridgehead atoms. The monoisotopic (exact) mass is 454 g/mol. The van der Waals surface area contributed by atoms with E-state index in [4.69, 9.17) is 0 Å². The van der Waals surface area contributed by atoms with Gasteiger partial charge in [0.2, 0.25) is 11.8 Å². The zero-order valence-electron chi connectivity index (χ0n) is 21.0. The first kappa shape index (κ1) is 23.7. The molecule has 34 heavy (non-hydrogen) atoms. The molecule has 4 heteroatoms. The second-order valence-corrected chi connectivity index (χ2v) is 11.2. The number of rotatable bonds is 0. The Hall–Kier alpha value is -3.40. The first-order chi connectivity index (χ1) is 15.9. The number of hydrogen-bond donors (Lipinski definition) is 2. The molecule has 0 fully saturated rings. The lowest BCUT2D eigenvalue weighted by molar-refractivity contribution is -0.121. The fourth-order valence-corrected chi connectivity index (χ4v) is 4.21. The van der Waals surface area contributed by atoms with Gasteiger partial charge in [-0.25, -0.2) is 0 Å². The van der Waals surface area contributed by atoms with E-state index in [1.165, 1.54) is 0 Å². The van der Waals surface area contributed by atoms with E-state index in [-0.39, 0.29) is 35.5 Å². The van der Waals surface area contributed by atoms with Crippen LogP contribution in [-0.4, -0.2) is 11.8 Å². The van der Waals surface area contributed by atoms with Crippen LogP contribution in [0.15, 0.2) is 60.7 Å². The Morgan fingerprint density at radius 1 is 0.559 bits per heavy atom. The molecular weight excluding hydrogens is 420 g/mol. The van der Waals surface area contributed by atoms with Crippen LogP contribution in [0.5, 0.6) is 0 Å². The summed E-state index contributed by atoms with van der Waals surface area (Å²) in [5.74, 6) is -0.334. The Labute approximate surface area is 202 Å². The Balaban J connectivity index is 1.85. The largest absolute Gasteiger partial charge is 0.325 e. The maximum absolute atomic E-state index is 12.8. The molecule has 0 spiro atoms. The zero-order valence-corrected chi connectivity index (χ0v) is 21.0. The van der Waals surface area contributed by atoms with E-state index in [1.807, 2.05) is 0 Å². The number of carbonyl (C=O) groups excluding carboxylic acids is 2. The van der Waals surface area contributed by atoms with Gasteiger partial charge in [0.15, 0.2) is 0 Å². The first-order valence-electron chi connectivity index (χ1n) is 11.9. The highest BCUT2D eigenvalue weighted by Crippen LogP contribution is 2.37. The van der Waals surface area contributed by atoms with Gasteiger partial charge in [-0.3, -0.25) is 9.59 Å². The van der Waals surface area contributed by atoms with E-state index in [1.54, 1.807) is 0 Å². The summed E-state index contributed by atoms with van der Waals surface area (Å²) < 4.78 is 0. The van der Waals surface area contributed by atoms with Gasteiger partial charge in [-0.2, -0.15) is 0 Å². The average molecular weight is 455 g/mol. The number of nitrogens with one attached hydrogen (secondary N) is 2. The summed E-state index contributed by atoms with van der Waals surface area (Å²) in [6.45, 7) is 12.9. The Morgan fingerprint density at radius 3 is 1.24 bits per heavy atom. The van der Waals surface area contributed by atoms with E-state index in [2.05, 4.69) is 113 Å². The molecule has 0 atom stereocenters. The molecule has 0 saturated heterocycles. The average Bonchev–Trinajstić information content (AvgIpc) is 2.76. The van der Waals surface area contributed by atoms with Crippen LogP contribution < -0.4 is 10.6 Å². The van der Waals surface area contributed by atoms with Crippen molar-refractivity contribution in [1.82, 2.24) is 0 Å². The summed E-state index contributed by atoms with van der Waals surface area (Å²) in [6, 6.07) is 20.8. The van der Waals surface area contributed by atoms with Gasteiger partial charge < -0.3 is 10.6 Å². The summed E-state index contributed by atoms with van der Waals surface area (Å²) in [6.07, 6.45) is 0.244. The highest BCUT2D eigenvalue weighted by atomic mass is 16.2. The van der Waals surface area contributed by atoms with Gasteiger partial charge in [0.25, 0.3) is 0 Å². The van der Waals surface area contributed by atoms with Crippen molar-refractivity contribution < 1.29 is 9.59 Å². The Morgan fingerprint density at radius 2 is 0.912 bits per heavy atom.